The molecule has 1 amide bonds. The van der Waals surface area contributed by atoms with Crippen molar-refractivity contribution >= 4 is 33.1 Å². The Morgan fingerprint density at radius 1 is 1.28 bits per heavy atom. The lowest BCUT2D eigenvalue weighted by Crippen LogP contribution is -2.31. The molecule has 0 aliphatic rings. The molecule has 13 heteroatoms. The second-order valence-electron chi connectivity index (χ2n) is 5.34. The zero-order chi connectivity index (χ0) is 22.4. The fourth-order valence-corrected chi connectivity index (χ4v) is 2.05. The SMILES string of the molecule is CCNC(=O)Oc1cccc2c1cc(C(=O)OC)c[n+]2C.O=S(=O)([O-])C(F)(F)F. The first kappa shape index (κ1) is 24.1. The van der Waals surface area contributed by atoms with Gasteiger partial charge in [-0.2, -0.15) is 13.2 Å². The van der Waals surface area contributed by atoms with Crippen molar-refractivity contribution in [2.45, 2.75) is 12.4 Å². The highest BCUT2D eigenvalue weighted by atomic mass is 32.2. The summed E-state index contributed by atoms with van der Waals surface area (Å²) in [5.41, 5.74) is -4.42. The molecule has 1 aromatic carbocycles. The summed E-state index contributed by atoms with van der Waals surface area (Å²) in [5.74, 6) is -0.0554. The standard InChI is InChI=1S/C15H16N2O4.CHF3O3S/c1-4-16-15(19)21-13-7-5-6-12-11(13)8-10(9-17(12)2)14(18)20-3;2-1(3,4)8(5,6)7/h5-9H,4H2,1-3H3;(H,5,6,7). The van der Waals surface area contributed by atoms with E-state index in [0.29, 0.717) is 23.2 Å². The maximum absolute atomic E-state index is 11.7. The van der Waals surface area contributed by atoms with Crippen LogP contribution in [0.3, 0.4) is 0 Å². The van der Waals surface area contributed by atoms with Gasteiger partial charge in [-0.25, -0.2) is 22.6 Å². The van der Waals surface area contributed by atoms with E-state index in [-0.39, 0.29) is 0 Å². The van der Waals surface area contributed by atoms with E-state index >= 15 is 0 Å². The number of esters is 1. The number of aromatic nitrogens is 1. The van der Waals surface area contributed by atoms with Crippen molar-refractivity contribution in [3.05, 3.63) is 36.0 Å². The van der Waals surface area contributed by atoms with E-state index in [1.165, 1.54) is 7.11 Å². The fourth-order valence-electron chi connectivity index (χ4n) is 2.05. The van der Waals surface area contributed by atoms with Crippen LogP contribution in [0.2, 0.25) is 0 Å². The van der Waals surface area contributed by atoms with Gasteiger partial charge in [-0.15, -0.1) is 0 Å². The molecule has 0 aliphatic heterocycles. The minimum absolute atomic E-state index is 0.388. The first-order valence-corrected chi connectivity index (χ1v) is 9.21. The first-order chi connectivity index (χ1) is 13.3. The van der Waals surface area contributed by atoms with E-state index in [1.54, 1.807) is 35.9 Å². The second kappa shape index (κ2) is 9.52. The number of ether oxygens (including phenoxy) is 2. The molecule has 0 spiro atoms. The summed E-state index contributed by atoms with van der Waals surface area (Å²) in [7, 11) is -2.96. The smallest absolute Gasteiger partial charge is 0.485 e. The number of hydrogen-bond acceptors (Lipinski definition) is 7. The molecule has 160 valence electrons. The van der Waals surface area contributed by atoms with Crippen molar-refractivity contribution in [3.63, 3.8) is 0 Å². The van der Waals surface area contributed by atoms with Gasteiger partial charge in [0, 0.05) is 12.6 Å². The van der Waals surface area contributed by atoms with Gasteiger partial charge in [0.25, 0.3) is 0 Å². The van der Waals surface area contributed by atoms with Crippen molar-refractivity contribution < 1.29 is 49.8 Å². The Morgan fingerprint density at radius 2 is 1.86 bits per heavy atom. The predicted molar refractivity (Wildman–Crippen MR) is 91.9 cm³/mol. The van der Waals surface area contributed by atoms with Gasteiger partial charge in [-0.3, -0.25) is 0 Å². The molecular formula is C16H17F3N2O7S. The van der Waals surface area contributed by atoms with Gasteiger partial charge in [0.05, 0.1) is 12.5 Å². The number of rotatable bonds is 3. The van der Waals surface area contributed by atoms with Crippen molar-refractivity contribution in [3.8, 4) is 5.75 Å². The Labute approximate surface area is 163 Å². The molecule has 0 atom stereocenters. The first-order valence-electron chi connectivity index (χ1n) is 7.80. The minimum Gasteiger partial charge on any atom is -0.741 e. The third-order valence-electron chi connectivity index (χ3n) is 3.28. The van der Waals surface area contributed by atoms with E-state index in [1.807, 2.05) is 13.1 Å². The number of benzene rings is 1. The third-order valence-corrected chi connectivity index (χ3v) is 3.85. The zero-order valence-electron chi connectivity index (χ0n) is 15.4. The second-order valence-corrected chi connectivity index (χ2v) is 6.71. The van der Waals surface area contributed by atoms with Crippen LogP contribution in [0.4, 0.5) is 18.0 Å². The number of halogens is 3. The van der Waals surface area contributed by atoms with Crippen LogP contribution in [0.1, 0.15) is 17.3 Å². The van der Waals surface area contributed by atoms with Gasteiger partial charge in [0.15, 0.2) is 16.3 Å². The van der Waals surface area contributed by atoms with Crippen molar-refractivity contribution in [2.75, 3.05) is 13.7 Å². The lowest BCUT2D eigenvalue weighted by atomic mass is 10.1. The Balaban J connectivity index is 0.000000447. The molecule has 0 unspecified atom stereocenters. The lowest BCUT2D eigenvalue weighted by Gasteiger charge is -2.08. The Bertz CT molecular complexity index is 1010. The van der Waals surface area contributed by atoms with Gasteiger partial charge >= 0.3 is 17.6 Å². The largest absolute Gasteiger partial charge is 0.741 e. The Kier molecular flexibility index (Phi) is 7.91. The predicted octanol–water partition coefficient (Wildman–Crippen LogP) is 1.61. The molecule has 0 bridgehead atoms. The summed E-state index contributed by atoms with van der Waals surface area (Å²) in [6.45, 7) is 2.28. The summed E-state index contributed by atoms with van der Waals surface area (Å²) in [6.07, 6.45) is 1.14. The average Bonchev–Trinajstić information content (AvgIpc) is 2.60. The summed E-state index contributed by atoms with van der Waals surface area (Å²) in [5, 5.41) is 3.22. The molecule has 29 heavy (non-hydrogen) atoms. The molecule has 1 aromatic heterocycles. The maximum Gasteiger partial charge on any atom is 0.485 e. The van der Waals surface area contributed by atoms with Gasteiger partial charge in [-0.05, 0) is 19.1 Å². The topological polar surface area (TPSA) is 126 Å². The number of fused-ring (bicyclic) bond motifs is 1. The number of carbonyl (C=O) groups excluding carboxylic acids is 2. The number of alkyl halides is 3. The van der Waals surface area contributed by atoms with Gasteiger partial charge < -0.3 is 19.3 Å². The highest BCUT2D eigenvalue weighted by Gasteiger charge is 2.36. The van der Waals surface area contributed by atoms with Crippen LogP contribution in [0.15, 0.2) is 30.5 Å². The Morgan fingerprint density at radius 3 is 2.34 bits per heavy atom. The molecule has 0 aliphatic carbocycles. The van der Waals surface area contributed by atoms with Crippen LogP contribution in [0, 0.1) is 0 Å². The number of amides is 1. The van der Waals surface area contributed by atoms with Crippen molar-refractivity contribution in [2.24, 2.45) is 7.05 Å². The summed E-state index contributed by atoms with van der Waals surface area (Å²) >= 11 is 0. The Hall–Kier alpha value is -2.93. The van der Waals surface area contributed by atoms with Crippen LogP contribution < -0.4 is 14.6 Å². The number of carbonyl (C=O) groups is 2. The molecule has 1 N–H and O–H groups in total. The fraction of sp³-hybridized carbons (Fsp3) is 0.312. The molecule has 0 saturated heterocycles. The molecule has 2 aromatic rings. The molecular weight excluding hydrogens is 421 g/mol. The number of methoxy groups -OCH3 is 1. The minimum atomic E-state index is -6.09. The van der Waals surface area contributed by atoms with E-state index in [2.05, 4.69) is 5.32 Å². The van der Waals surface area contributed by atoms with Crippen LogP contribution in [0.25, 0.3) is 10.9 Å². The number of nitrogens with one attached hydrogen (secondary N) is 1. The summed E-state index contributed by atoms with van der Waals surface area (Å²) in [6, 6.07) is 6.99. The molecule has 0 fully saturated rings. The van der Waals surface area contributed by atoms with Crippen molar-refractivity contribution in [1.29, 1.82) is 0 Å². The van der Waals surface area contributed by atoms with Gasteiger partial charge in [0.1, 0.15) is 18.4 Å². The van der Waals surface area contributed by atoms with E-state index in [0.717, 1.165) is 5.52 Å². The highest BCUT2D eigenvalue weighted by Crippen LogP contribution is 2.24. The number of aryl methyl sites for hydroxylation is 1. The van der Waals surface area contributed by atoms with Crippen LogP contribution in [0.5, 0.6) is 5.75 Å². The lowest BCUT2D eigenvalue weighted by molar-refractivity contribution is -0.645. The number of hydrogen-bond donors (Lipinski definition) is 1. The van der Waals surface area contributed by atoms with Gasteiger partial charge in [-0.1, -0.05) is 6.07 Å². The van der Waals surface area contributed by atoms with E-state index < -0.39 is 27.7 Å². The zero-order valence-corrected chi connectivity index (χ0v) is 16.3. The molecule has 0 saturated carbocycles. The van der Waals surface area contributed by atoms with Gasteiger partial charge in [0.2, 0.25) is 5.52 Å². The molecule has 1 heterocycles. The van der Waals surface area contributed by atoms with Crippen LogP contribution >= 0.6 is 0 Å². The van der Waals surface area contributed by atoms with E-state index in [4.69, 9.17) is 22.4 Å². The van der Waals surface area contributed by atoms with Crippen molar-refractivity contribution in [1.82, 2.24) is 5.32 Å². The monoisotopic (exact) mass is 438 g/mol. The van der Waals surface area contributed by atoms with Crippen LogP contribution in [-0.4, -0.2) is 44.2 Å². The normalized spacial score (nSPS) is 11.3. The molecule has 0 radical (unpaired) electrons. The molecule has 2 rings (SSSR count). The maximum atomic E-state index is 11.7. The quantitative estimate of drug-likeness (QED) is 0.334. The van der Waals surface area contributed by atoms with E-state index in [9.17, 15) is 22.8 Å². The highest BCUT2D eigenvalue weighted by molar-refractivity contribution is 7.86. The van der Waals surface area contributed by atoms with Crippen LogP contribution in [-0.2, 0) is 21.9 Å². The summed E-state index contributed by atoms with van der Waals surface area (Å²) < 4.78 is 70.7. The third kappa shape index (κ3) is 6.57. The number of pyridine rings is 1. The summed E-state index contributed by atoms with van der Waals surface area (Å²) in [4.78, 5) is 23.3. The average molecular weight is 438 g/mol. The number of nitrogens with zero attached hydrogens (tertiary/aromatic N) is 1. The molecule has 9 nitrogen and oxygen atoms in total.